The van der Waals surface area contributed by atoms with Crippen molar-refractivity contribution in [3.8, 4) is 0 Å². The van der Waals surface area contributed by atoms with Gasteiger partial charge in [-0.15, -0.1) is 0 Å². The first-order valence-electron chi connectivity index (χ1n) is 12.6. The van der Waals surface area contributed by atoms with Crippen LogP contribution in [0.25, 0.3) is 0 Å². The number of allylic oxidation sites excluding steroid dienone is 2. The van der Waals surface area contributed by atoms with Gasteiger partial charge < -0.3 is 5.11 Å². The van der Waals surface area contributed by atoms with E-state index in [4.69, 9.17) is 5.11 Å². The zero-order valence-corrected chi connectivity index (χ0v) is 19.3. The molecule has 3 saturated carbocycles. The molecule has 0 aromatic rings. The van der Waals surface area contributed by atoms with Crippen molar-refractivity contribution in [2.45, 2.75) is 98.3 Å². The van der Waals surface area contributed by atoms with Gasteiger partial charge in [0.25, 0.3) is 0 Å². The molecule has 0 heterocycles. The minimum Gasteiger partial charge on any atom is -0.481 e. The summed E-state index contributed by atoms with van der Waals surface area (Å²) in [5, 5.41) is 9.16. The SMILES string of the molecule is C[C@H](CCC[C@@H](C)[C@H]1CC[C@H]2[C@@H]3CCC4CC=CC[C@]4(C)[C@H]3CC[C@]12C)C(=O)O. The largest absolute Gasteiger partial charge is 0.481 e. The van der Waals surface area contributed by atoms with E-state index in [-0.39, 0.29) is 5.92 Å². The summed E-state index contributed by atoms with van der Waals surface area (Å²) in [5.74, 6) is 4.56. The van der Waals surface area contributed by atoms with Gasteiger partial charge in [-0.05, 0) is 104 Å². The fourth-order valence-corrected chi connectivity index (χ4v) is 8.88. The van der Waals surface area contributed by atoms with Crippen LogP contribution in [-0.4, -0.2) is 11.1 Å². The Kier molecular flexibility index (Phi) is 5.95. The van der Waals surface area contributed by atoms with Crippen LogP contribution in [0.15, 0.2) is 12.2 Å². The van der Waals surface area contributed by atoms with E-state index in [0.717, 1.165) is 48.3 Å². The fraction of sp³-hybridized carbons (Fsp3) is 0.889. The summed E-state index contributed by atoms with van der Waals surface area (Å²) in [6.45, 7) is 9.62. The van der Waals surface area contributed by atoms with Gasteiger partial charge in [0.1, 0.15) is 0 Å². The molecule has 0 bridgehead atoms. The Hall–Kier alpha value is -0.790. The molecule has 0 saturated heterocycles. The number of carboxylic acid groups (broad SMARTS) is 1. The molecule has 0 aliphatic heterocycles. The number of carbonyl (C=O) groups is 1. The quantitative estimate of drug-likeness (QED) is 0.474. The van der Waals surface area contributed by atoms with Crippen LogP contribution in [0.2, 0.25) is 0 Å². The van der Waals surface area contributed by atoms with Crippen LogP contribution in [0.5, 0.6) is 0 Å². The van der Waals surface area contributed by atoms with Crippen LogP contribution in [0.4, 0.5) is 0 Å². The molecule has 0 spiro atoms. The summed E-state index contributed by atoms with van der Waals surface area (Å²) < 4.78 is 0. The van der Waals surface area contributed by atoms with E-state index in [1.54, 1.807) is 0 Å². The smallest absolute Gasteiger partial charge is 0.306 e. The topological polar surface area (TPSA) is 37.3 Å². The third kappa shape index (κ3) is 3.61. The van der Waals surface area contributed by atoms with Crippen molar-refractivity contribution in [3.63, 3.8) is 0 Å². The summed E-state index contributed by atoms with van der Waals surface area (Å²) in [5.41, 5.74) is 1.10. The highest BCUT2D eigenvalue weighted by Crippen LogP contribution is 2.68. The van der Waals surface area contributed by atoms with Crippen LogP contribution in [0, 0.1) is 52.3 Å². The first kappa shape index (κ1) is 21.4. The Morgan fingerprint density at radius 2 is 1.76 bits per heavy atom. The summed E-state index contributed by atoms with van der Waals surface area (Å²) in [4.78, 5) is 11.1. The van der Waals surface area contributed by atoms with Crippen molar-refractivity contribution >= 4 is 5.97 Å². The number of carboxylic acids is 1. The van der Waals surface area contributed by atoms with Crippen molar-refractivity contribution in [1.82, 2.24) is 0 Å². The Balaban J connectivity index is 1.42. The molecule has 164 valence electrons. The van der Waals surface area contributed by atoms with Crippen LogP contribution in [0.3, 0.4) is 0 Å². The second-order valence-corrected chi connectivity index (χ2v) is 11.9. The molecule has 0 aromatic heterocycles. The van der Waals surface area contributed by atoms with Crippen molar-refractivity contribution in [2.75, 3.05) is 0 Å². The van der Waals surface area contributed by atoms with Gasteiger partial charge in [-0.3, -0.25) is 4.79 Å². The Labute approximate surface area is 178 Å². The molecule has 4 rings (SSSR count). The standard InChI is InChI=1S/C27H44O2/c1-18(8-7-9-19(2)25(28)29)22-13-14-23-21-12-11-20-10-5-6-16-26(20,3)24(21)15-17-27(22,23)4/h5-6,18-24H,7-17H2,1-4H3,(H,28,29)/t18-,19-,20?,21+,22-,23+,24+,26+,27-/m1/s1. The van der Waals surface area contributed by atoms with E-state index in [2.05, 4.69) is 32.9 Å². The number of aliphatic carboxylic acids is 1. The van der Waals surface area contributed by atoms with Crippen molar-refractivity contribution in [1.29, 1.82) is 0 Å². The zero-order valence-electron chi connectivity index (χ0n) is 19.3. The number of fused-ring (bicyclic) bond motifs is 5. The second kappa shape index (κ2) is 8.04. The lowest BCUT2D eigenvalue weighted by Gasteiger charge is -2.60. The molecule has 9 atom stereocenters. The maximum absolute atomic E-state index is 11.1. The molecule has 4 aliphatic carbocycles. The molecule has 1 N–H and O–H groups in total. The predicted molar refractivity (Wildman–Crippen MR) is 120 cm³/mol. The molecule has 29 heavy (non-hydrogen) atoms. The predicted octanol–water partition coefficient (Wildman–Crippen LogP) is 7.34. The van der Waals surface area contributed by atoms with Crippen molar-refractivity contribution in [3.05, 3.63) is 12.2 Å². The molecule has 0 aromatic carbocycles. The first-order chi connectivity index (χ1) is 13.8. The van der Waals surface area contributed by atoms with E-state index in [9.17, 15) is 4.79 Å². The lowest BCUT2D eigenvalue weighted by molar-refractivity contribution is -0.141. The third-order valence-electron chi connectivity index (χ3n) is 10.7. The monoisotopic (exact) mass is 400 g/mol. The Morgan fingerprint density at radius 3 is 2.52 bits per heavy atom. The van der Waals surface area contributed by atoms with Crippen LogP contribution in [-0.2, 0) is 4.79 Å². The van der Waals surface area contributed by atoms with Gasteiger partial charge in [-0.25, -0.2) is 0 Å². The highest BCUT2D eigenvalue weighted by molar-refractivity contribution is 5.69. The minimum atomic E-state index is -0.634. The van der Waals surface area contributed by atoms with E-state index in [1.807, 2.05) is 6.92 Å². The zero-order chi connectivity index (χ0) is 20.8. The number of hydrogen-bond donors (Lipinski definition) is 1. The van der Waals surface area contributed by atoms with Gasteiger partial charge in [0.15, 0.2) is 0 Å². The van der Waals surface area contributed by atoms with Crippen molar-refractivity contribution in [2.24, 2.45) is 52.3 Å². The number of hydrogen-bond acceptors (Lipinski definition) is 1. The molecular formula is C27H44O2. The van der Waals surface area contributed by atoms with Gasteiger partial charge in [-0.2, -0.15) is 0 Å². The fourth-order valence-electron chi connectivity index (χ4n) is 8.88. The lowest BCUT2D eigenvalue weighted by Crippen LogP contribution is -2.52. The van der Waals surface area contributed by atoms with E-state index in [0.29, 0.717) is 10.8 Å². The summed E-state index contributed by atoms with van der Waals surface area (Å²) in [7, 11) is 0. The van der Waals surface area contributed by atoms with Gasteiger partial charge in [-0.1, -0.05) is 52.7 Å². The third-order valence-corrected chi connectivity index (χ3v) is 10.7. The van der Waals surface area contributed by atoms with E-state index >= 15 is 0 Å². The van der Waals surface area contributed by atoms with Crippen molar-refractivity contribution < 1.29 is 9.90 Å². The van der Waals surface area contributed by atoms with Gasteiger partial charge >= 0.3 is 5.97 Å². The van der Waals surface area contributed by atoms with E-state index < -0.39 is 5.97 Å². The van der Waals surface area contributed by atoms with Gasteiger partial charge in [0, 0.05) is 0 Å². The average molecular weight is 401 g/mol. The van der Waals surface area contributed by atoms with Gasteiger partial charge in [0.2, 0.25) is 0 Å². The summed E-state index contributed by atoms with van der Waals surface area (Å²) in [6.07, 6.45) is 19.4. The minimum absolute atomic E-state index is 0.190. The summed E-state index contributed by atoms with van der Waals surface area (Å²) in [6, 6.07) is 0. The highest BCUT2D eigenvalue weighted by atomic mass is 16.4. The Morgan fingerprint density at radius 1 is 1.00 bits per heavy atom. The molecule has 3 fully saturated rings. The van der Waals surface area contributed by atoms with Gasteiger partial charge in [0.05, 0.1) is 5.92 Å². The van der Waals surface area contributed by atoms with Crippen LogP contribution in [0.1, 0.15) is 98.3 Å². The van der Waals surface area contributed by atoms with E-state index in [1.165, 1.54) is 57.8 Å². The molecule has 1 unspecified atom stereocenters. The number of rotatable bonds is 6. The molecule has 0 amide bonds. The molecule has 4 aliphatic rings. The maximum Gasteiger partial charge on any atom is 0.306 e. The molecule has 0 radical (unpaired) electrons. The molecule has 2 nitrogen and oxygen atoms in total. The lowest BCUT2D eigenvalue weighted by atomic mass is 9.45. The van der Waals surface area contributed by atoms with Crippen LogP contribution >= 0.6 is 0 Å². The normalized spacial score (nSPS) is 45.7. The van der Waals surface area contributed by atoms with Crippen LogP contribution < -0.4 is 0 Å². The second-order valence-electron chi connectivity index (χ2n) is 11.9. The summed E-state index contributed by atoms with van der Waals surface area (Å²) >= 11 is 0. The maximum atomic E-state index is 11.1. The highest BCUT2D eigenvalue weighted by Gasteiger charge is 2.59. The molecular weight excluding hydrogens is 356 g/mol. The molecule has 2 heteroatoms. The first-order valence-corrected chi connectivity index (χ1v) is 12.6. The average Bonchev–Trinajstić information content (AvgIpc) is 3.04. The Bertz CT molecular complexity index is 638.